The van der Waals surface area contributed by atoms with Crippen molar-refractivity contribution in [2.75, 3.05) is 11.5 Å². The van der Waals surface area contributed by atoms with Crippen molar-refractivity contribution in [2.45, 2.75) is 25.9 Å². The van der Waals surface area contributed by atoms with Gasteiger partial charge in [-0.2, -0.15) is 0 Å². The number of thiophene rings is 1. The maximum absolute atomic E-state index is 13.2. The molecule has 31 heavy (non-hydrogen) atoms. The minimum absolute atomic E-state index is 0.0465. The molecule has 6 nitrogen and oxygen atoms in total. The zero-order valence-corrected chi connectivity index (χ0v) is 17.9. The second-order valence-electron chi connectivity index (χ2n) is 7.33. The van der Waals surface area contributed by atoms with Crippen molar-refractivity contribution < 1.29 is 19.1 Å². The molecule has 7 heteroatoms. The Morgan fingerprint density at radius 2 is 1.81 bits per heavy atom. The van der Waals surface area contributed by atoms with Crippen molar-refractivity contribution in [3.8, 4) is 5.75 Å². The highest BCUT2D eigenvalue weighted by molar-refractivity contribution is 7.09. The van der Waals surface area contributed by atoms with Crippen molar-refractivity contribution in [2.24, 2.45) is 0 Å². The minimum atomic E-state index is -0.859. The third-order valence-corrected chi connectivity index (χ3v) is 5.98. The molecule has 1 aromatic heterocycles. The number of carbonyl (C=O) groups excluding carboxylic acids is 3. The predicted octanol–water partition coefficient (Wildman–Crippen LogP) is 3.80. The predicted molar refractivity (Wildman–Crippen MR) is 119 cm³/mol. The molecule has 2 heterocycles. The van der Waals surface area contributed by atoms with Crippen LogP contribution in [0.25, 0.3) is 0 Å². The van der Waals surface area contributed by atoms with Crippen LogP contribution in [0.4, 0.5) is 5.69 Å². The largest absolute Gasteiger partial charge is 0.484 e. The molecular formula is C24H22N2O4S. The Bertz CT molecular complexity index is 1060. The van der Waals surface area contributed by atoms with Crippen LogP contribution in [0.1, 0.15) is 16.9 Å². The first kappa shape index (κ1) is 20.8. The van der Waals surface area contributed by atoms with Crippen molar-refractivity contribution in [1.29, 1.82) is 0 Å². The highest BCUT2D eigenvalue weighted by atomic mass is 32.1. The van der Waals surface area contributed by atoms with Crippen LogP contribution in [0.3, 0.4) is 0 Å². The second-order valence-corrected chi connectivity index (χ2v) is 8.36. The van der Waals surface area contributed by atoms with Gasteiger partial charge in [0.25, 0.3) is 11.8 Å². The summed E-state index contributed by atoms with van der Waals surface area (Å²) < 4.78 is 5.62. The quantitative estimate of drug-likeness (QED) is 0.531. The minimum Gasteiger partial charge on any atom is -0.484 e. The molecule has 1 unspecified atom stereocenters. The summed E-state index contributed by atoms with van der Waals surface area (Å²) in [7, 11) is 0. The van der Waals surface area contributed by atoms with Gasteiger partial charge in [-0.1, -0.05) is 42.0 Å². The molecule has 0 spiro atoms. The van der Waals surface area contributed by atoms with E-state index in [1.54, 1.807) is 24.3 Å². The van der Waals surface area contributed by atoms with Gasteiger partial charge in [0, 0.05) is 4.88 Å². The first-order valence-electron chi connectivity index (χ1n) is 9.96. The van der Waals surface area contributed by atoms with Crippen LogP contribution < -0.4 is 9.64 Å². The Morgan fingerprint density at radius 1 is 1.06 bits per heavy atom. The average molecular weight is 435 g/mol. The summed E-state index contributed by atoms with van der Waals surface area (Å²) in [5, 5.41) is 1.92. The van der Waals surface area contributed by atoms with Gasteiger partial charge < -0.3 is 9.64 Å². The average Bonchev–Trinajstić information content (AvgIpc) is 3.39. The fourth-order valence-electron chi connectivity index (χ4n) is 3.51. The molecule has 0 N–H and O–H groups in total. The Balaban J connectivity index is 1.55. The van der Waals surface area contributed by atoms with E-state index in [4.69, 9.17) is 4.74 Å². The number of para-hydroxylation sites is 1. The van der Waals surface area contributed by atoms with Gasteiger partial charge in [-0.3, -0.25) is 14.4 Å². The normalized spacial score (nSPS) is 15.9. The molecule has 0 radical (unpaired) electrons. The third-order valence-electron chi connectivity index (χ3n) is 5.12. The van der Waals surface area contributed by atoms with Crippen LogP contribution in [0.15, 0.2) is 72.1 Å². The number of rotatable bonds is 7. The standard InChI is InChI=1S/C24H22N2O4S/c1-17-9-11-18(12-10-17)26-22(27)14-21(24(26)29)25(15-20-8-5-13-31-20)23(28)16-30-19-6-3-2-4-7-19/h2-13,21H,14-16H2,1H3. The van der Waals surface area contributed by atoms with E-state index in [9.17, 15) is 14.4 Å². The van der Waals surface area contributed by atoms with Crippen LogP contribution in [0, 0.1) is 6.92 Å². The highest BCUT2D eigenvalue weighted by Gasteiger charge is 2.44. The van der Waals surface area contributed by atoms with E-state index in [1.807, 2.05) is 54.8 Å². The summed E-state index contributed by atoms with van der Waals surface area (Å²) >= 11 is 1.50. The second kappa shape index (κ2) is 9.14. The number of aryl methyl sites for hydroxylation is 1. The number of hydrogen-bond donors (Lipinski definition) is 0. The van der Waals surface area contributed by atoms with Gasteiger partial charge in [0.05, 0.1) is 18.7 Å². The highest BCUT2D eigenvalue weighted by Crippen LogP contribution is 2.28. The van der Waals surface area contributed by atoms with Gasteiger partial charge in [-0.15, -0.1) is 11.3 Å². The van der Waals surface area contributed by atoms with Crippen LogP contribution in [0.2, 0.25) is 0 Å². The zero-order chi connectivity index (χ0) is 21.8. The van der Waals surface area contributed by atoms with Crippen LogP contribution in [-0.4, -0.2) is 35.3 Å². The topological polar surface area (TPSA) is 66.9 Å². The fourth-order valence-corrected chi connectivity index (χ4v) is 4.21. The Morgan fingerprint density at radius 3 is 2.48 bits per heavy atom. The smallest absolute Gasteiger partial charge is 0.261 e. The maximum Gasteiger partial charge on any atom is 0.261 e. The molecule has 2 aromatic carbocycles. The lowest BCUT2D eigenvalue weighted by atomic mass is 10.2. The fraction of sp³-hybridized carbons (Fsp3) is 0.208. The molecule has 1 atom stereocenters. The van der Waals surface area contributed by atoms with E-state index >= 15 is 0 Å². The van der Waals surface area contributed by atoms with Crippen LogP contribution in [-0.2, 0) is 20.9 Å². The first-order valence-corrected chi connectivity index (χ1v) is 10.8. The molecule has 3 amide bonds. The van der Waals surface area contributed by atoms with Crippen molar-refractivity contribution in [1.82, 2.24) is 4.90 Å². The van der Waals surface area contributed by atoms with Crippen molar-refractivity contribution in [3.63, 3.8) is 0 Å². The van der Waals surface area contributed by atoms with E-state index in [0.29, 0.717) is 11.4 Å². The van der Waals surface area contributed by atoms with Crippen molar-refractivity contribution >= 4 is 34.7 Å². The van der Waals surface area contributed by atoms with Gasteiger partial charge in [0.1, 0.15) is 11.8 Å². The van der Waals surface area contributed by atoms with E-state index < -0.39 is 11.9 Å². The molecule has 1 aliphatic rings. The van der Waals surface area contributed by atoms with Gasteiger partial charge in [0.2, 0.25) is 5.91 Å². The number of carbonyl (C=O) groups is 3. The van der Waals surface area contributed by atoms with E-state index in [2.05, 4.69) is 0 Å². The Labute approximate surface area is 184 Å². The van der Waals surface area contributed by atoms with Gasteiger partial charge in [-0.25, -0.2) is 4.90 Å². The van der Waals surface area contributed by atoms with Gasteiger partial charge >= 0.3 is 0 Å². The third kappa shape index (κ3) is 4.67. The number of imide groups is 1. The summed E-state index contributed by atoms with van der Waals surface area (Å²) in [6.07, 6.45) is -0.0465. The number of nitrogens with zero attached hydrogens (tertiary/aromatic N) is 2. The van der Waals surface area contributed by atoms with Gasteiger partial charge in [-0.05, 0) is 42.6 Å². The van der Waals surface area contributed by atoms with E-state index in [1.165, 1.54) is 21.1 Å². The van der Waals surface area contributed by atoms with Crippen molar-refractivity contribution in [3.05, 3.63) is 82.6 Å². The first-order chi connectivity index (χ1) is 15.0. The van der Waals surface area contributed by atoms with E-state index in [0.717, 1.165) is 10.4 Å². The monoisotopic (exact) mass is 434 g/mol. The Kier molecular flexibility index (Phi) is 6.13. The number of anilines is 1. The van der Waals surface area contributed by atoms with E-state index in [-0.39, 0.29) is 31.4 Å². The zero-order valence-electron chi connectivity index (χ0n) is 17.1. The lowest BCUT2D eigenvalue weighted by molar-refractivity contribution is -0.140. The molecule has 158 valence electrons. The summed E-state index contributed by atoms with van der Waals surface area (Å²) in [5.74, 6) is -0.471. The molecule has 3 aromatic rings. The summed E-state index contributed by atoms with van der Waals surface area (Å²) in [6, 6.07) is 19.2. The van der Waals surface area contributed by atoms with Crippen LogP contribution in [0.5, 0.6) is 5.75 Å². The van der Waals surface area contributed by atoms with Gasteiger partial charge in [0.15, 0.2) is 6.61 Å². The molecule has 1 fully saturated rings. The molecule has 1 saturated heterocycles. The molecule has 1 aliphatic heterocycles. The van der Waals surface area contributed by atoms with Crippen LogP contribution >= 0.6 is 11.3 Å². The maximum atomic E-state index is 13.2. The molecule has 4 rings (SSSR count). The molecule has 0 saturated carbocycles. The SMILES string of the molecule is Cc1ccc(N2C(=O)CC(N(Cc3cccs3)C(=O)COc3ccccc3)C2=O)cc1. The number of ether oxygens (including phenoxy) is 1. The summed E-state index contributed by atoms with van der Waals surface area (Å²) in [5.41, 5.74) is 1.55. The molecule has 0 aliphatic carbocycles. The number of benzene rings is 2. The summed E-state index contributed by atoms with van der Waals surface area (Å²) in [6.45, 7) is 1.98. The molecule has 0 bridgehead atoms. The molecular weight excluding hydrogens is 412 g/mol. The Hall–Kier alpha value is -3.45. The lowest BCUT2D eigenvalue weighted by Crippen LogP contribution is -2.46. The number of hydrogen-bond acceptors (Lipinski definition) is 5. The lowest BCUT2D eigenvalue weighted by Gasteiger charge is -2.27. The number of amides is 3. The summed E-state index contributed by atoms with van der Waals surface area (Å²) in [4.78, 5) is 42.6.